The first-order valence-electron chi connectivity index (χ1n) is 16.3. The first-order chi connectivity index (χ1) is 22.6. The van der Waals surface area contributed by atoms with Crippen molar-refractivity contribution in [3.8, 4) is 11.5 Å². The van der Waals surface area contributed by atoms with Crippen LogP contribution in [0.4, 0.5) is 11.4 Å². The fourth-order valence-electron chi connectivity index (χ4n) is 5.46. The van der Waals surface area contributed by atoms with Crippen LogP contribution in [0.1, 0.15) is 72.4 Å². The fourth-order valence-corrected chi connectivity index (χ4v) is 6.24. The van der Waals surface area contributed by atoms with Crippen molar-refractivity contribution in [3.05, 3.63) is 119 Å². The van der Waals surface area contributed by atoms with Gasteiger partial charge < -0.3 is 23.7 Å². The van der Waals surface area contributed by atoms with Crippen molar-refractivity contribution in [1.29, 1.82) is 0 Å². The second kappa shape index (κ2) is 19.0. The summed E-state index contributed by atoms with van der Waals surface area (Å²) in [6.07, 6.45) is 1.65. The molecule has 0 bridgehead atoms. The molecule has 0 aliphatic heterocycles. The number of phosphoric acid groups is 1. The Hall–Kier alpha value is -3.39. The molecule has 8 nitrogen and oxygen atoms in total. The van der Waals surface area contributed by atoms with Gasteiger partial charge in [0.05, 0.1) is 0 Å². The summed E-state index contributed by atoms with van der Waals surface area (Å²) >= 11 is 0. The molecule has 0 aliphatic rings. The van der Waals surface area contributed by atoms with Gasteiger partial charge in [0.2, 0.25) is 0 Å². The molecule has 0 unspecified atom stereocenters. The minimum absolute atomic E-state index is 0. The molecule has 10 heteroatoms. The van der Waals surface area contributed by atoms with E-state index in [1.807, 2.05) is 24.3 Å². The second-order valence-electron chi connectivity index (χ2n) is 11.2. The molecule has 4 aromatic carbocycles. The third kappa shape index (κ3) is 11.4. The molecule has 4 aromatic rings. The summed E-state index contributed by atoms with van der Waals surface area (Å²) in [5.41, 5.74) is 5.07. The minimum Gasteiger partial charge on any atom is -0.736 e. The maximum Gasteiger partial charge on any atom is 1.00 e. The van der Waals surface area contributed by atoms with Gasteiger partial charge in [-0.2, -0.15) is 0 Å². The van der Waals surface area contributed by atoms with E-state index >= 15 is 0 Å². The molecule has 48 heavy (non-hydrogen) atoms. The normalized spacial score (nSPS) is 10.9. The number of phosphoric ester groups is 1. The Kier molecular flexibility index (Phi) is 15.4. The van der Waals surface area contributed by atoms with Crippen LogP contribution in [0.25, 0.3) is 0 Å². The number of ketones is 2. The monoisotopic (exact) mass is 678 g/mol. The van der Waals surface area contributed by atoms with Crippen molar-refractivity contribution in [2.75, 3.05) is 36.0 Å². The van der Waals surface area contributed by atoms with Crippen LogP contribution in [-0.2, 0) is 17.4 Å². The molecular weight excluding hydrogens is 634 g/mol. The van der Waals surface area contributed by atoms with E-state index in [2.05, 4.69) is 61.8 Å². The van der Waals surface area contributed by atoms with Crippen molar-refractivity contribution >= 4 is 30.8 Å². The van der Waals surface area contributed by atoms with Gasteiger partial charge >= 0.3 is 37.4 Å². The van der Waals surface area contributed by atoms with E-state index in [9.17, 15) is 19.0 Å². The van der Waals surface area contributed by atoms with Crippen LogP contribution in [0.15, 0.2) is 97.1 Å². The van der Waals surface area contributed by atoms with Gasteiger partial charge in [0, 0.05) is 61.5 Å². The van der Waals surface area contributed by atoms with Crippen LogP contribution in [0, 0.1) is 0 Å². The zero-order chi connectivity index (χ0) is 33.8. The van der Waals surface area contributed by atoms with Crippen molar-refractivity contribution in [3.63, 3.8) is 0 Å². The maximum atomic E-state index is 12.9. The summed E-state index contributed by atoms with van der Waals surface area (Å²) in [4.78, 5) is 43.2. The van der Waals surface area contributed by atoms with Gasteiger partial charge in [-0.05, 0) is 100 Å². The van der Waals surface area contributed by atoms with E-state index < -0.39 is 7.82 Å². The zero-order valence-electron chi connectivity index (χ0n) is 28.7. The fraction of sp³-hybridized carbons (Fsp3) is 0.316. The Morgan fingerprint density at radius 2 is 0.958 bits per heavy atom. The van der Waals surface area contributed by atoms with Crippen molar-refractivity contribution in [2.45, 2.75) is 53.4 Å². The summed E-state index contributed by atoms with van der Waals surface area (Å²) in [6.45, 7) is 12.2. The third-order valence-corrected chi connectivity index (χ3v) is 9.03. The van der Waals surface area contributed by atoms with Crippen LogP contribution < -0.4 is 53.3 Å². The summed E-state index contributed by atoms with van der Waals surface area (Å²) in [6, 6.07) is 28.4. The first kappa shape index (κ1) is 39.1. The maximum absolute atomic E-state index is 12.9. The average Bonchev–Trinajstić information content (AvgIpc) is 3.08. The number of aryl methyl sites for hydroxylation is 2. The van der Waals surface area contributed by atoms with Crippen LogP contribution in [0.3, 0.4) is 0 Å². The Morgan fingerprint density at radius 1 is 0.604 bits per heavy atom. The number of carbonyl (C=O) groups is 2. The van der Waals surface area contributed by atoms with Crippen LogP contribution in [0.2, 0.25) is 0 Å². The molecule has 0 heterocycles. The molecule has 0 aliphatic carbocycles. The number of hydrogen-bond acceptors (Lipinski definition) is 8. The molecule has 0 atom stereocenters. The van der Waals surface area contributed by atoms with Gasteiger partial charge in [-0.1, -0.05) is 48.5 Å². The van der Waals surface area contributed by atoms with Crippen molar-refractivity contribution < 1.29 is 57.7 Å². The van der Waals surface area contributed by atoms with Gasteiger partial charge in [0.15, 0.2) is 11.6 Å². The van der Waals surface area contributed by atoms with Crippen LogP contribution >= 0.6 is 7.82 Å². The Morgan fingerprint density at radius 3 is 1.29 bits per heavy atom. The number of nitrogens with zero attached hydrogens (tertiary/aromatic N) is 2. The molecule has 0 saturated heterocycles. The van der Waals surface area contributed by atoms with Gasteiger partial charge in [0.25, 0.3) is 0 Å². The van der Waals surface area contributed by atoms with E-state index in [1.54, 1.807) is 24.3 Å². The average molecular weight is 679 g/mol. The number of anilines is 2. The molecule has 0 radical (unpaired) electrons. The SMILES string of the molecule is CCN(CC)c1ccc(CCC(=O)c2cccc(OP(=O)([O-])Oc3cccc(C(=O)CCc4ccc(N(CC)CC)cc4)c3)c2)cc1.[Na+]. The van der Waals surface area contributed by atoms with Crippen LogP contribution in [-0.4, -0.2) is 37.7 Å². The quantitative estimate of drug-likeness (QED) is 0.0830. The van der Waals surface area contributed by atoms with Crippen LogP contribution in [0.5, 0.6) is 11.5 Å². The van der Waals surface area contributed by atoms with E-state index in [0.29, 0.717) is 24.0 Å². The Balaban J connectivity index is 0.00000625. The molecule has 0 saturated carbocycles. The van der Waals surface area contributed by atoms with Gasteiger partial charge in [-0.3, -0.25) is 9.59 Å². The molecule has 0 N–H and O–H groups in total. The minimum atomic E-state index is -4.88. The smallest absolute Gasteiger partial charge is 0.736 e. The third-order valence-electron chi connectivity index (χ3n) is 8.16. The molecule has 4 rings (SSSR count). The summed E-state index contributed by atoms with van der Waals surface area (Å²) in [5.74, 6) is -0.319. The van der Waals surface area contributed by atoms with E-state index in [1.165, 1.54) is 24.3 Å². The molecule has 0 amide bonds. The summed E-state index contributed by atoms with van der Waals surface area (Å²) in [5, 5.41) is 0. The van der Waals surface area contributed by atoms with E-state index in [-0.39, 0.29) is 65.5 Å². The number of carbonyl (C=O) groups excluding carboxylic acids is 2. The number of rotatable bonds is 18. The predicted molar refractivity (Wildman–Crippen MR) is 187 cm³/mol. The standard InChI is InChI=1S/C38H45N2O6P.Na/c1-5-39(6-2)33-21-15-29(16-22-33)19-25-37(41)31-11-9-13-35(27-31)45-47(43,44)46-36-14-10-12-32(28-36)38(42)26-20-30-17-23-34(24-18-30)40(7-3)8-4;/h9-18,21-24,27-28H,5-8,19-20,25-26H2,1-4H3,(H,43,44);/q;+1/p-1. The molecule has 0 fully saturated rings. The van der Waals surface area contributed by atoms with Gasteiger partial charge in [0.1, 0.15) is 11.5 Å². The summed E-state index contributed by atoms with van der Waals surface area (Å²) < 4.78 is 23.2. The molecule has 248 valence electrons. The summed E-state index contributed by atoms with van der Waals surface area (Å²) in [7, 11) is -4.88. The molecular formula is C38H44N2NaO6P. The Labute approximate surface area is 307 Å². The number of Topliss-reactive ketones (excluding diaryl/α,β-unsaturated/α-hetero) is 2. The van der Waals surface area contributed by atoms with Gasteiger partial charge in [-0.25, -0.2) is 4.57 Å². The first-order valence-corrected chi connectivity index (χ1v) is 17.7. The second-order valence-corrected chi connectivity index (χ2v) is 12.5. The zero-order valence-corrected chi connectivity index (χ0v) is 31.6. The molecule has 0 aromatic heterocycles. The number of hydrogen-bond donors (Lipinski definition) is 0. The van der Waals surface area contributed by atoms with Crippen molar-refractivity contribution in [2.24, 2.45) is 0 Å². The number of benzene rings is 4. The van der Waals surface area contributed by atoms with E-state index in [4.69, 9.17) is 9.05 Å². The topological polar surface area (TPSA) is 99.2 Å². The van der Waals surface area contributed by atoms with Crippen molar-refractivity contribution in [1.82, 2.24) is 0 Å². The Bertz CT molecular complexity index is 1550. The largest absolute Gasteiger partial charge is 1.00 e. The van der Waals surface area contributed by atoms with Gasteiger partial charge in [-0.15, -0.1) is 0 Å². The predicted octanol–water partition coefficient (Wildman–Crippen LogP) is 4.94. The molecule has 0 spiro atoms. The van der Waals surface area contributed by atoms with E-state index in [0.717, 1.165) is 48.7 Å².